The van der Waals surface area contributed by atoms with Gasteiger partial charge in [0.1, 0.15) is 5.82 Å². The van der Waals surface area contributed by atoms with Gasteiger partial charge < -0.3 is 15.4 Å². The van der Waals surface area contributed by atoms with Gasteiger partial charge in [-0.15, -0.1) is 0 Å². The molecule has 0 radical (unpaired) electrons. The van der Waals surface area contributed by atoms with Gasteiger partial charge in [0.05, 0.1) is 17.4 Å². The number of benzene rings is 1. The van der Waals surface area contributed by atoms with Crippen LogP contribution in [0.3, 0.4) is 0 Å². The molecule has 0 aliphatic carbocycles. The number of rotatable bonds is 8. The Kier molecular flexibility index (Phi) is 9.44. The van der Waals surface area contributed by atoms with Gasteiger partial charge in [-0.2, -0.15) is 5.10 Å². The van der Waals surface area contributed by atoms with Crippen molar-refractivity contribution in [3.05, 3.63) is 66.7 Å². The molecule has 1 aromatic carbocycles. The van der Waals surface area contributed by atoms with Gasteiger partial charge in [-0.3, -0.25) is 19.7 Å². The summed E-state index contributed by atoms with van der Waals surface area (Å²) in [5, 5.41) is 13.1. The summed E-state index contributed by atoms with van der Waals surface area (Å²) in [6.45, 7) is 7.49. The third kappa shape index (κ3) is 7.44. The number of pyridine rings is 2. The molecule has 182 valence electrons. The average molecular weight is 475 g/mol. The zero-order valence-corrected chi connectivity index (χ0v) is 20.2. The highest BCUT2D eigenvalue weighted by molar-refractivity contribution is 6.11. The summed E-state index contributed by atoms with van der Waals surface area (Å²) in [4.78, 5) is 32.0. The van der Waals surface area contributed by atoms with Gasteiger partial charge in [0, 0.05) is 43.5 Å². The number of H-pyrrole nitrogens is 1. The summed E-state index contributed by atoms with van der Waals surface area (Å²) in [7, 11) is 0. The Morgan fingerprint density at radius 3 is 2.40 bits per heavy atom. The zero-order chi connectivity index (χ0) is 25.0. The number of hydrogen-bond acceptors (Lipinski definition) is 6. The number of nitrogens with one attached hydrogen (secondary N) is 3. The van der Waals surface area contributed by atoms with E-state index in [9.17, 15) is 9.59 Å². The van der Waals surface area contributed by atoms with E-state index in [-0.39, 0.29) is 17.5 Å². The number of amides is 2. The van der Waals surface area contributed by atoms with Crippen molar-refractivity contribution in [2.24, 2.45) is 0 Å². The van der Waals surface area contributed by atoms with Crippen molar-refractivity contribution in [3.63, 3.8) is 0 Å². The summed E-state index contributed by atoms with van der Waals surface area (Å²) in [5.74, 6) is -0.155. The molecule has 35 heavy (non-hydrogen) atoms. The maximum Gasteiger partial charge on any atom is 0.276 e. The molecule has 0 unspecified atom stereocenters. The summed E-state index contributed by atoms with van der Waals surface area (Å²) in [5.41, 5.74) is 3.44. The highest BCUT2D eigenvalue weighted by Gasteiger charge is 2.15. The molecule has 0 spiro atoms. The first-order chi connectivity index (χ1) is 17.0. The minimum Gasteiger partial charge on any atom is -0.381 e. The van der Waals surface area contributed by atoms with Crippen molar-refractivity contribution in [3.8, 4) is 11.1 Å². The molecule has 4 aromatic rings. The molecule has 0 saturated carbocycles. The monoisotopic (exact) mass is 474 g/mol. The molecule has 4 rings (SSSR count). The fourth-order valence-electron chi connectivity index (χ4n) is 3.20. The van der Waals surface area contributed by atoms with Crippen LogP contribution in [-0.2, 0) is 9.53 Å². The molecule has 3 N–H and O–H groups in total. The van der Waals surface area contributed by atoms with Gasteiger partial charge in [-0.25, -0.2) is 4.98 Å². The highest BCUT2D eigenvalue weighted by atomic mass is 16.5. The molecule has 0 aliphatic heterocycles. The van der Waals surface area contributed by atoms with Crippen molar-refractivity contribution in [1.29, 1.82) is 0 Å². The highest BCUT2D eigenvalue weighted by Crippen LogP contribution is 2.25. The quantitative estimate of drug-likeness (QED) is 0.307. The van der Waals surface area contributed by atoms with Crippen LogP contribution in [0.4, 0.5) is 11.5 Å². The lowest BCUT2D eigenvalue weighted by Crippen LogP contribution is -2.13. The lowest BCUT2D eigenvalue weighted by molar-refractivity contribution is -0.114. The van der Waals surface area contributed by atoms with Crippen molar-refractivity contribution in [1.82, 2.24) is 20.2 Å². The zero-order valence-electron chi connectivity index (χ0n) is 20.2. The van der Waals surface area contributed by atoms with Crippen LogP contribution in [0.5, 0.6) is 0 Å². The maximum absolute atomic E-state index is 12.7. The minimum atomic E-state index is -0.358. The van der Waals surface area contributed by atoms with Crippen molar-refractivity contribution < 1.29 is 14.3 Å². The molecular weight excluding hydrogens is 444 g/mol. The van der Waals surface area contributed by atoms with Crippen LogP contribution < -0.4 is 10.6 Å². The summed E-state index contributed by atoms with van der Waals surface area (Å²) >= 11 is 0. The summed E-state index contributed by atoms with van der Waals surface area (Å²) in [6.07, 6.45) is 7.23. The van der Waals surface area contributed by atoms with E-state index in [1.807, 2.05) is 30.3 Å². The van der Waals surface area contributed by atoms with Crippen LogP contribution in [0.2, 0.25) is 0 Å². The number of fused-ring (bicyclic) bond motifs is 1. The number of carbonyl (C=O) groups is 2. The van der Waals surface area contributed by atoms with Crippen LogP contribution in [0.15, 0.2) is 61.1 Å². The van der Waals surface area contributed by atoms with Crippen molar-refractivity contribution in [2.75, 3.05) is 23.8 Å². The van der Waals surface area contributed by atoms with Crippen molar-refractivity contribution >= 4 is 34.2 Å². The Morgan fingerprint density at radius 2 is 1.77 bits per heavy atom. The Labute approximate surface area is 204 Å². The molecule has 3 aromatic heterocycles. The first kappa shape index (κ1) is 25.5. The number of anilines is 2. The predicted molar refractivity (Wildman–Crippen MR) is 137 cm³/mol. The molecule has 0 saturated heterocycles. The van der Waals surface area contributed by atoms with Gasteiger partial charge in [-0.1, -0.05) is 26.0 Å². The summed E-state index contributed by atoms with van der Waals surface area (Å²) in [6, 6.07) is 12.8. The predicted octanol–water partition coefficient (Wildman–Crippen LogP) is 5.05. The van der Waals surface area contributed by atoms with E-state index in [0.29, 0.717) is 16.9 Å². The Morgan fingerprint density at radius 1 is 0.971 bits per heavy atom. The lowest BCUT2D eigenvalue weighted by atomic mass is 10.0. The van der Waals surface area contributed by atoms with Crippen molar-refractivity contribution in [2.45, 2.75) is 33.6 Å². The first-order valence-corrected chi connectivity index (χ1v) is 11.5. The number of nitrogens with zero attached hydrogens (tertiary/aromatic N) is 3. The molecule has 0 fully saturated rings. The van der Waals surface area contributed by atoms with E-state index in [4.69, 9.17) is 4.74 Å². The molecule has 9 nitrogen and oxygen atoms in total. The second kappa shape index (κ2) is 13.0. The van der Waals surface area contributed by atoms with E-state index in [1.165, 1.54) is 13.1 Å². The van der Waals surface area contributed by atoms with Crippen LogP contribution in [0.1, 0.15) is 44.1 Å². The number of carbonyl (C=O) groups excluding carboxylic acids is 2. The van der Waals surface area contributed by atoms with Crippen LogP contribution in [0.25, 0.3) is 22.0 Å². The smallest absolute Gasteiger partial charge is 0.276 e. The largest absolute Gasteiger partial charge is 0.381 e. The number of aromatic amines is 1. The van der Waals surface area contributed by atoms with E-state index in [0.717, 1.165) is 42.7 Å². The molecular formula is C26H30N6O3. The Hall–Kier alpha value is -4.11. The molecule has 0 atom stereocenters. The molecule has 0 bridgehead atoms. The SMILES string of the molecule is CC(=O)Nc1ccc(NC(=O)c2n[nH]c3ccc(-c4cccnc4)cc23)cn1.CCCOCCC. The lowest BCUT2D eigenvalue weighted by Gasteiger charge is -2.06. The molecule has 3 heterocycles. The average Bonchev–Trinajstić information content (AvgIpc) is 3.30. The Bertz CT molecular complexity index is 1240. The number of aromatic nitrogens is 4. The van der Waals surface area contributed by atoms with Crippen LogP contribution in [0, 0.1) is 0 Å². The van der Waals surface area contributed by atoms with Crippen LogP contribution in [-0.4, -0.2) is 45.2 Å². The standard InChI is InChI=1S/C20H16N6O2.C6H14O/c1-12(27)23-18-7-5-15(11-22-18)24-20(28)19-16-9-13(4-6-17(16)25-26-19)14-3-2-8-21-10-14;1-3-5-7-6-4-2/h2-11H,1H3,(H,24,28)(H,25,26)(H,22,23,27);3-6H2,1-2H3. The van der Waals surface area contributed by atoms with E-state index < -0.39 is 0 Å². The van der Waals surface area contributed by atoms with Gasteiger partial charge >= 0.3 is 0 Å². The third-order valence-electron chi connectivity index (χ3n) is 4.80. The van der Waals surface area contributed by atoms with Crippen LogP contribution >= 0.6 is 0 Å². The fraction of sp³-hybridized carbons (Fsp3) is 0.269. The summed E-state index contributed by atoms with van der Waals surface area (Å²) < 4.78 is 5.13. The maximum atomic E-state index is 12.7. The van der Waals surface area contributed by atoms with Gasteiger partial charge in [0.2, 0.25) is 5.91 Å². The van der Waals surface area contributed by atoms with E-state index in [1.54, 1.807) is 24.5 Å². The van der Waals surface area contributed by atoms with E-state index >= 15 is 0 Å². The van der Waals surface area contributed by atoms with Gasteiger partial charge in [0.15, 0.2) is 5.69 Å². The first-order valence-electron chi connectivity index (χ1n) is 11.5. The second-order valence-corrected chi connectivity index (χ2v) is 7.75. The van der Waals surface area contributed by atoms with E-state index in [2.05, 4.69) is 44.6 Å². The minimum absolute atomic E-state index is 0.211. The fourth-order valence-corrected chi connectivity index (χ4v) is 3.20. The topological polar surface area (TPSA) is 122 Å². The third-order valence-corrected chi connectivity index (χ3v) is 4.80. The number of hydrogen-bond donors (Lipinski definition) is 3. The number of ether oxygens (including phenoxy) is 1. The second-order valence-electron chi connectivity index (χ2n) is 7.75. The molecule has 2 amide bonds. The molecule has 0 aliphatic rings. The van der Waals surface area contributed by atoms with Gasteiger partial charge in [-0.05, 0) is 48.7 Å². The normalized spacial score (nSPS) is 10.4. The van der Waals surface area contributed by atoms with Gasteiger partial charge in [0.25, 0.3) is 5.91 Å². The molecule has 9 heteroatoms. The Balaban J connectivity index is 0.000000429.